The molecule has 0 amide bonds. The maximum Gasteiger partial charge on any atom is 0.242 e. The fourth-order valence-corrected chi connectivity index (χ4v) is 2.80. The van der Waals surface area contributed by atoms with Crippen molar-refractivity contribution in [3.63, 3.8) is 0 Å². The molecular weight excluding hydrogens is 290 g/mol. The lowest BCUT2D eigenvalue weighted by atomic mass is 10.2. The first-order chi connectivity index (χ1) is 10.2. The van der Waals surface area contributed by atoms with Gasteiger partial charge in [-0.25, -0.2) is 15.0 Å². The zero-order valence-corrected chi connectivity index (χ0v) is 15.1. The molecule has 5 heteroatoms. The monoisotopic (exact) mass is 313 g/mol. The van der Waals surface area contributed by atoms with Gasteiger partial charge in [0.2, 0.25) is 8.32 Å². The highest BCUT2D eigenvalue weighted by atomic mass is 28.4. The third kappa shape index (κ3) is 4.49. The van der Waals surface area contributed by atoms with E-state index in [1.54, 1.807) is 6.20 Å². The van der Waals surface area contributed by atoms with Crippen molar-refractivity contribution in [2.24, 2.45) is 4.99 Å². The third-order valence-corrected chi connectivity index (χ3v) is 3.77. The fraction of sp³-hybridized carbons (Fsp3) is 0.353. The molecule has 1 heterocycles. The minimum Gasteiger partial charge on any atom is -0.543 e. The molecule has 0 unspecified atom stereocenters. The molecule has 0 radical (unpaired) electrons. The molecule has 0 saturated carbocycles. The number of rotatable bonds is 4. The van der Waals surface area contributed by atoms with Crippen LogP contribution in [0.5, 0.6) is 5.75 Å². The summed E-state index contributed by atoms with van der Waals surface area (Å²) < 4.78 is 6.17. The lowest BCUT2D eigenvalue weighted by Crippen LogP contribution is -2.29. The van der Waals surface area contributed by atoms with Crippen LogP contribution in [0.3, 0.4) is 0 Å². The van der Waals surface area contributed by atoms with Gasteiger partial charge in [-0.3, -0.25) is 0 Å². The first kappa shape index (κ1) is 16.4. The molecule has 22 heavy (non-hydrogen) atoms. The molecule has 4 nitrogen and oxygen atoms in total. The van der Waals surface area contributed by atoms with Crippen LogP contribution >= 0.6 is 0 Å². The Bertz CT molecular complexity index is 705. The number of aryl methyl sites for hydroxylation is 2. The number of hydrogen-bond donors (Lipinski definition) is 0. The van der Waals surface area contributed by atoms with Crippen LogP contribution in [0.1, 0.15) is 24.0 Å². The molecule has 0 fully saturated rings. The van der Waals surface area contributed by atoms with Gasteiger partial charge in [-0.15, -0.1) is 0 Å². The number of nitrogens with zero attached hydrogens (tertiary/aromatic N) is 3. The smallest absolute Gasteiger partial charge is 0.242 e. The first-order valence-corrected chi connectivity index (χ1v) is 10.8. The number of aromatic nitrogens is 2. The summed E-state index contributed by atoms with van der Waals surface area (Å²) in [5, 5.41) is 0. The van der Waals surface area contributed by atoms with Crippen LogP contribution in [-0.4, -0.2) is 24.0 Å². The minimum atomic E-state index is -1.69. The number of benzene rings is 1. The second-order valence-corrected chi connectivity index (χ2v) is 10.8. The van der Waals surface area contributed by atoms with Crippen LogP contribution in [-0.2, 0) is 0 Å². The van der Waals surface area contributed by atoms with Gasteiger partial charge in [-0.05, 0) is 64.2 Å². The standard InChI is InChI=1S/C17H23N3OSi/c1-12-7-8-15(16(11-12)21-22(4,5)6)20-14(3)17-18-10-9-13(2)19-17/h7-11H,1-6H3. The van der Waals surface area contributed by atoms with Gasteiger partial charge >= 0.3 is 0 Å². The van der Waals surface area contributed by atoms with Crippen molar-refractivity contribution in [3.8, 4) is 5.75 Å². The number of hydrogen-bond acceptors (Lipinski definition) is 4. The maximum atomic E-state index is 6.17. The molecule has 116 valence electrons. The van der Waals surface area contributed by atoms with Crippen LogP contribution < -0.4 is 4.43 Å². The summed E-state index contributed by atoms with van der Waals surface area (Å²) in [4.78, 5) is 13.4. The first-order valence-electron chi connectivity index (χ1n) is 7.39. The Morgan fingerprint density at radius 1 is 1.14 bits per heavy atom. The van der Waals surface area contributed by atoms with Gasteiger partial charge in [0.1, 0.15) is 11.4 Å². The Kier molecular flexibility index (Phi) is 4.76. The van der Waals surface area contributed by atoms with E-state index in [0.717, 1.165) is 28.4 Å². The maximum absolute atomic E-state index is 6.17. The summed E-state index contributed by atoms with van der Waals surface area (Å²) >= 11 is 0. The Morgan fingerprint density at radius 2 is 1.86 bits per heavy atom. The lowest BCUT2D eigenvalue weighted by molar-refractivity contribution is 0.558. The molecule has 0 N–H and O–H groups in total. The highest BCUT2D eigenvalue weighted by Gasteiger charge is 2.18. The van der Waals surface area contributed by atoms with Crippen LogP contribution in [0, 0.1) is 13.8 Å². The molecule has 0 aliphatic heterocycles. The SMILES string of the molecule is CC(=Nc1ccc(C)cc1O[Si](C)(C)C)c1nccc(C)n1. The lowest BCUT2D eigenvalue weighted by Gasteiger charge is -2.21. The second kappa shape index (κ2) is 6.40. The zero-order chi connectivity index (χ0) is 16.3. The van der Waals surface area contributed by atoms with Crippen molar-refractivity contribution in [2.75, 3.05) is 0 Å². The van der Waals surface area contributed by atoms with Gasteiger partial charge in [0.05, 0.1) is 5.71 Å². The van der Waals surface area contributed by atoms with Crippen molar-refractivity contribution in [1.82, 2.24) is 9.97 Å². The predicted molar refractivity (Wildman–Crippen MR) is 93.8 cm³/mol. The topological polar surface area (TPSA) is 47.4 Å². The van der Waals surface area contributed by atoms with E-state index < -0.39 is 8.32 Å². The third-order valence-electron chi connectivity index (χ3n) is 2.94. The number of aliphatic imine (C=N–C) groups is 1. The summed E-state index contributed by atoms with van der Waals surface area (Å²) in [6, 6.07) is 7.95. The van der Waals surface area contributed by atoms with Gasteiger partial charge in [0.15, 0.2) is 5.82 Å². The van der Waals surface area contributed by atoms with Crippen molar-refractivity contribution in [1.29, 1.82) is 0 Å². The Hall–Kier alpha value is -2.01. The Balaban J connectivity index is 2.41. The molecule has 0 atom stereocenters. The van der Waals surface area contributed by atoms with Crippen molar-refractivity contribution in [2.45, 2.75) is 40.4 Å². The molecule has 0 aliphatic rings. The molecule has 2 rings (SSSR count). The summed E-state index contributed by atoms with van der Waals surface area (Å²) in [5.41, 5.74) is 3.71. The molecule has 0 aliphatic carbocycles. The average Bonchev–Trinajstić information content (AvgIpc) is 2.40. The van der Waals surface area contributed by atoms with Crippen molar-refractivity contribution in [3.05, 3.63) is 47.5 Å². The van der Waals surface area contributed by atoms with E-state index in [0.29, 0.717) is 5.82 Å². The van der Waals surface area contributed by atoms with Crippen molar-refractivity contribution < 1.29 is 4.43 Å². The van der Waals surface area contributed by atoms with Gasteiger partial charge < -0.3 is 4.43 Å². The normalized spacial score (nSPS) is 12.4. The zero-order valence-electron chi connectivity index (χ0n) is 14.1. The van der Waals surface area contributed by atoms with Crippen LogP contribution in [0.25, 0.3) is 0 Å². The summed E-state index contributed by atoms with van der Waals surface area (Å²) in [6.07, 6.45) is 1.76. The highest BCUT2D eigenvalue weighted by molar-refractivity contribution is 6.70. The largest absolute Gasteiger partial charge is 0.543 e. The Labute approximate surface area is 133 Å². The molecular formula is C17H23N3OSi. The average molecular weight is 313 g/mol. The van der Waals surface area contributed by atoms with Gasteiger partial charge in [0.25, 0.3) is 0 Å². The fourth-order valence-electron chi connectivity index (χ4n) is 1.98. The van der Waals surface area contributed by atoms with Gasteiger partial charge in [0, 0.05) is 11.9 Å². The van der Waals surface area contributed by atoms with E-state index in [1.807, 2.05) is 38.1 Å². The Morgan fingerprint density at radius 3 is 2.50 bits per heavy atom. The molecule has 0 bridgehead atoms. The van der Waals surface area contributed by atoms with Gasteiger partial charge in [-0.2, -0.15) is 0 Å². The molecule has 0 spiro atoms. The van der Waals surface area contributed by atoms with E-state index in [-0.39, 0.29) is 0 Å². The minimum absolute atomic E-state index is 0.652. The van der Waals surface area contributed by atoms with Gasteiger partial charge in [-0.1, -0.05) is 6.07 Å². The molecule has 1 aromatic carbocycles. The van der Waals surface area contributed by atoms with Crippen LogP contribution in [0.2, 0.25) is 19.6 Å². The quantitative estimate of drug-likeness (QED) is 0.619. The van der Waals surface area contributed by atoms with E-state index in [9.17, 15) is 0 Å². The molecule has 1 aromatic heterocycles. The summed E-state index contributed by atoms with van der Waals surface area (Å²) in [5.74, 6) is 1.49. The highest BCUT2D eigenvalue weighted by Crippen LogP contribution is 2.31. The van der Waals surface area contributed by atoms with Crippen LogP contribution in [0.15, 0.2) is 35.5 Å². The second-order valence-electron chi connectivity index (χ2n) is 6.40. The summed E-state index contributed by atoms with van der Waals surface area (Å²) in [7, 11) is -1.69. The molecule has 2 aromatic rings. The molecule has 0 saturated heterocycles. The van der Waals surface area contributed by atoms with E-state index in [4.69, 9.17) is 4.43 Å². The predicted octanol–water partition coefficient (Wildman–Crippen LogP) is 4.45. The van der Waals surface area contributed by atoms with Crippen molar-refractivity contribution >= 4 is 19.7 Å². The summed E-state index contributed by atoms with van der Waals surface area (Å²) in [6.45, 7) is 12.4. The van der Waals surface area contributed by atoms with E-state index >= 15 is 0 Å². The van der Waals surface area contributed by atoms with E-state index in [1.165, 1.54) is 0 Å². The van der Waals surface area contributed by atoms with Crippen LogP contribution in [0.4, 0.5) is 5.69 Å². The van der Waals surface area contributed by atoms with E-state index in [2.05, 4.69) is 41.5 Å².